The first-order valence-corrected chi connectivity index (χ1v) is 9.04. The third kappa shape index (κ3) is 4.43. The van der Waals surface area contributed by atoms with Crippen LogP contribution >= 0.6 is 23.2 Å². The lowest BCUT2D eigenvalue weighted by Crippen LogP contribution is -2.18. The van der Waals surface area contributed by atoms with E-state index in [1.54, 1.807) is 0 Å². The molecule has 0 radical (unpaired) electrons. The molecule has 0 amide bonds. The van der Waals surface area contributed by atoms with Gasteiger partial charge in [-0.2, -0.15) is 5.10 Å². The van der Waals surface area contributed by atoms with Crippen LogP contribution in [0.15, 0.2) is 54.6 Å². The summed E-state index contributed by atoms with van der Waals surface area (Å²) in [7, 11) is 0. The van der Waals surface area contributed by atoms with Crippen molar-refractivity contribution < 1.29 is 0 Å². The molecule has 0 aliphatic heterocycles. The van der Waals surface area contributed by atoms with Gasteiger partial charge in [-0.25, -0.2) is 4.68 Å². The van der Waals surface area contributed by atoms with E-state index in [0.717, 1.165) is 16.3 Å². The molecular formula is C20H21Cl2N3. The van der Waals surface area contributed by atoms with Gasteiger partial charge in [-0.1, -0.05) is 65.7 Å². The topological polar surface area (TPSA) is 29.9 Å². The van der Waals surface area contributed by atoms with Crippen molar-refractivity contribution in [2.45, 2.75) is 33.0 Å². The number of hydrogen-bond donors (Lipinski definition) is 1. The zero-order valence-corrected chi connectivity index (χ0v) is 15.8. The van der Waals surface area contributed by atoms with Gasteiger partial charge in [0.05, 0.1) is 12.2 Å². The molecule has 3 nitrogen and oxygen atoms in total. The van der Waals surface area contributed by atoms with Gasteiger partial charge >= 0.3 is 0 Å². The lowest BCUT2D eigenvalue weighted by molar-refractivity contribution is 0.573. The lowest BCUT2D eigenvalue weighted by atomic mass is 10.1. The van der Waals surface area contributed by atoms with Crippen molar-refractivity contribution in [1.29, 1.82) is 0 Å². The molecule has 0 fully saturated rings. The Balaban J connectivity index is 1.69. The molecule has 130 valence electrons. The van der Waals surface area contributed by atoms with Crippen molar-refractivity contribution in [2.24, 2.45) is 0 Å². The first-order chi connectivity index (χ1) is 12.0. The Morgan fingerprint density at radius 3 is 2.40 bits per heavy atom. The second-order valence-electron chi connectivity index (χ2n) is 6.15. The van der Waals surface area contributed by atoms with Crippen molar-refractivity contribution >= 4 is 23.2 Å². The highest BCUT2D eigenvalue weighted by Gasteiger charge is 2.15. The second-order valence-corrected chi connectivity index (χ2v) is 6.95. The van der Waals surface area contributed by atoms with Crippen LogP contribution < -0.4 is 5.32 Å². The Bertz CT molecular complexity index is 826. The predicted molar refractivity (Wildman–Crippen MR) is 104 cm³/mol. The van der Waals surface area contributed by atoms with Gasteiger partial charge in [0.1, 0.15) is 5.15 Å². The average molecular weight is 374 g/mol. The van der Waals surface area contributed by atoms with Crippen LogP contribution in [0, 0.1) is 6.92 Å². The predicted octanol–water partition coefficient (Wildman–Crippen LogP) is 5.40. The summed E-state index contributed by atoms with van der Waals surface area (Å²) in [5.74, 6) is 0. The highest BCUT2D eigenvalue weighted by atomic mass is 35.5. The van der Waals surface area contributed by atoms with E-state index in [-0.39, 0.29) is 6.04 Å². The number of nitrogens with one attached hydrogen (secondary N) is 1. The van der Waals surface area contributed by atoms with Crippen molar-refractivity contribution in [2.75, 3.05) is 0 Å². The summed E-state index contributed by atoms with van der Waals surface area (Å²) in [4.78, 5) is 0. The zero-order valence-electron chi connectivity index (χ0n) is 14.3. The molecule has 1 atom stereocenters. The molecule has 0 saturated carbocycles. The molecule has 1 heterocycles. The molecule has 3 rings (SSSR count). The molecule has 0 bridgehead atoms. The average Bonchev–Trinajstić information content (AvgIpc) is 2.88. The minimum absolute atomic E-state index is 0.199. The van der Waals surface area contributed by atoms with E-state index in [1.807, 2.05) is 54.1 Å². The summed E-state index contributed by atoms with van der Waals surface area (Å²) in [5.41, 5.74) is 4.37. The van der Waals surface area contributed by atoms with Gasteiger partial charge in [-0.3, -0.25) is 0 Å². The fourth-order valence-corrected chi connectivity index (χ4v) is 3.20. The van der Waals surface area contributed by atoms with Crippen molar-refractivity contribution in [3.05, 3.63) is 87.2 Å². The first-order valence-electron chi connectivity index (χ1n) is 8.29. The number of nitrogens with zero attached hydrogens (tertiary/aromatic N) is 2. The van der Waals surface area contributed by atoms with E-state index < -0.39 is 0 Å². The van der Waals surface area contributed by atoms with E-state index in [4.69, 9.17) is 23.2 Å². The largest absolute Gasteiger partial charge is 0.306 e. The molecule has 5 heteroatoms. The fourth-order valence-electron chi connectivity index (χ4n) is 2.78. The van der Waals surface area contributed by atoms with Crippen LogP contribution in [0.2, 0.25) is 10.2 Å². The highest BCUT2D eigenvalue weighted by Crippen LogP contribution is 2.22. The first kappa shape index (κ1) is 18.0. The van der Waals surface area contributed by atoms with Gasteiger partial charge in [0.25, 0.3) is 0 Å². The number of hydrogen-bond acceptors (Lipinski definition) is 2. The summed E-state index contributed by atoms with van der Waals surface area (Å²) < 4.78 is 1.86. The molecule has 3 aromatic rings. The summed E-state index contributed by atoms with van der Waals surface area (Å²) in [6, 6.07) is 18.3. The molecule has 0 saturated heterocycles. The van der Waals surface area contributed by atoms with Crippen molar-refractivity contribution in [1.82, 2.24) is 15.1 Å². The lowest BCUT2D eigenvalue weighted by Gasteiger charge is -2.14. The van der Waals surface area contributed by atoms with Gasteiger partial charge in [0.2, 0.25) is 0 Å². The molecule has 25 heavy (non-hydrogen) atoms. The number of aryl methyl sites for hydroxylation is 1. The zero-order chi connectivity index (χ0) is 17.8. The minimum Gasteiger partial charge on any atom is -0.306 e. The van der Waals surface area contributed by atoms with Gasteiger partial charge in [0, 0.05) is 23.2 Å². The SMILES string of the molecule is Cc1nn(Cc2ccccc2)c(Cl)c1CN[C@H](C)c1ccc(Cl)cc1. The molecule has 1 N–H and O–H groups in total. The van der Waals surface area contributed by atoms with Crippen molar-refractivity contribution in [3.8, 4) is 0 Å². The molecule has 0 aliphatic carbocycles. The molecule has 0 aliphatic rings. The summed E-state index contributed by atoms with van der Waals surface area (Å²) in [6.45, 7) is 5.47. The third-order valence-electron chi connectivity index (χ3n) is 4.31. The van der Waals surface area contributed by atoms with Gasteiger partial charge in [-0.15, -0.1) is 0 Å². The van der Waals surface area contributed by atoms with Crippen LogP contribution in [-0.4, -0.2) is 9.78 Å². The van der Waals surface area contributed by atoms with E-state index in [1.165, 1.54) is 11.1 Å². The quantitative estimate of drug-likeness (QED) is 0.626. The Labute approximate surface area is 158 Å². The summed E-state index contributed by atoms with van der Waals surface area (Å²) >= 11 is 12.5. The molecule has 2 aromatic carbocycles. The summed E-state index contributed by atoms with van der Waals surface area (Å²) in [6.07, 6.45) is 0. The highest BCUT2D eigenvalue weighted by molar-refractivity contribution is 6.30. The fraction of sp³-hybridized carbons (Fsp3) is 0.250. The smallest absolute Gasteiger partial charge is 0.132 e. The minimum atomic E-state index is 0.199. The van der Waals surface area contributed by atoms with E-state index in [9.17, 15) is 0 Å². The van der Waals surface area contributed by atoms with E-state index >= 15 is 0 Å². The maximum atomic E-state index is 6.57. The number of rotatable bonds is 6. The van der Waals surface area contributed by atoms with Gasteiger partial charge < -0.3 is 5.32 Å². The van der Waals surface area contributed by atoms with Crippen LogP contribution in [0.3, 0.4) is 0 Å². The maximum Gasteiger partial charge on any atom is 0.132 e. The Morgan fingerprint density at radius 2 is 1.72 bits per heavy atom. The van der Waals surface area contributed by atoms with E-state index in [2.05, 4.69) is 29.5 Å². The molecular weight excluding hydrogens is 353 g/mol. The molecule has 0 unspecified atom stereocenters. The van der Waals surface area contributed by atoms with E-state index in [0.29, 0.717) is 18.2 Å². The van der Waals surface area contributed by atoms with Crippen LogP contribution in [-0.2, 0) is 13.1 Å². The van der Waals surface area contributed by atoms with Gasteiger partial charge in [0.15, 0.2) is 0 Å². The van der Waals surface area contributed by atoms with Crippen LogP contribution in [0.5, 0.6) is 0 Å². The van der Waals surface area contributed by atoms with Crippen LogP contribution in [0.25, 0.3) is 0 Å². The summed E-state index contributed by atoms with van der Waals surface area (Å²) in [5, 5.41) is 9.55. The van der Waals surface area contributed by atoms with Gasteiger partial charge in [-0.05, 0) is 37.1 Å². The maximum absolute atomic E-state index is 6.57. The Hall–Kier alpha value is -1.81. The molecule has 1 aromatic heterocycles. The standard InChI is InChI=1S/C20H21Cl2N3/c1-14(17-8-10-18(21)11-9-17)23-12-19-15(2)24-25(20(19)22)13-16-6-4-3-5-7-16/h3-11,14,23H,12-13H2,1-2H3/t14-/m1/s1. The Morgan fingerprint density at radius 1 is 1.04 bits per heavy atom. The number of aromatic nitrogens is 2. The van der Waals surface area contributed by atoms with Crippen LogP contribution in [0.4, 0.5) is 0 Å². The normalized spacial score (nSPS) is 12.3. The molecule has 0 spiro atoms. The number of benzene rings is 2. The second kappa shape index (κ2) is 8.05. The monoisotopic (exact) mass is 373 g/mol. The Kier molecular flexibility index (Phi) is 5.79. The number of halogens is 2. The third-order valence-corrected chi connectivity index (χ3v) is 4.99. The van der Waals surface area contributed by atoms with Crippen molar-refractivity contribution in [3.63, 3.8) is 0 Å². The van der Waals surface area contributed by atoms with Crippen LogP contribution in [0.1, 0.15) is 35.3 Å².